The second-order valence-corrected chi connectivity index (χ2v) is 4.50. The Bertz CT molecular complexity index is 491. The van der Waals surface area contributed by atoms with Gasteiger partial charge in [-0.1, -0.05) is 0 Å². The van der Waals surface area contributed by atoms with Crippen molar-refractivity contribution in [3.8, 4) is 0 Å². The van der Waals surface area contributed by atoms with Gasteiger partial charge in [0.05, 0.1) is 24.6 Å². The molecule has 0 spiro atoms. The van der Waals surface area contributed by atoms with Gasteiger partial charge in [0.25, 0.3) is 0 Å². The lowest BCUT2D eigenvalue weighted by molar-refractivity contribution is -0.134. The zero-order valence-corrected chi connectivity index (χ0v) is 11.0. The molecule has 0 aliphatic carbocycles. The molecule has 1 aromatic carbocycles. The van der Waals surface area contributed by atoms with Crippen LogP contribution < -0.4 is 11.1 Å². The van der Waals surface area contributed by atoms with Gasteiger partial charge in [-0.2, -0.15) is 0 Å². The number of nitrogens with one attached hydrogen (secondary N) is 1. The van der Waals surface area contributed by atoms with E-state index in [1.807, 2.05) is 0 Å². The van der Waals surface area contributed by atoms with E-state index >= 15 is 0 Å². The lowest BCUT2D eigenvalue weighted by atomic mass is 10.2. The van der Waals surface area contributed by atoms with E-state index in [0.29, 0.717) is 26.3 Å². The van der Waals surface area contributed by atoms with Crippen molar-refractivity contribution < 1.29 is 18.3 Å². The summed E-state index contributed by atoms with van der Waals surface area (Å²) in [6.07, 6.45) is 0.190. The Morgan fingerprint density at radius 2 is 2.05 bits per heavy atom. The second-order valence-electron chi connectivity index (χ2n) is 4.50. The fourth-order valence-electron chi connectivity index (χ4n) is 2.01. The summed E-state index contributed by atoms with van der Waals surface area (Å²) < 4.78 is 31.7. The lowest BCUT2D eigenvalue weighted by Gasteiger charge is -2.27. The fourth-order valence-corrected chi connectivity index (χ4v) is 2.01. The van der Waals surface area contributed by atoms with Crippen LogP contribution in [0.25, 0.3) is 0 Å². The highest BCUT2D eigenvalue weighted by Gasteiger charge is 2.17. The SMILES string of the molecule is Nc1ccc(F)c(F)c1NCCC(=O)N1CCOCC1. The van der Waals surface area contributed by atoms with Crippen molar-refractivity contribution in [3.05, 3.63) is 23.8 Å². The molecule has 1 heterocycles. The van der Waals surface area contributed by atoms with Crippen molar-refractivity contribution in [3.63, 3.8) is 0 Å². The Labute approximate surface area is 115 Å². The van der Waals surface area contributed by atoms with Crippen LogP contribution in [0, 0.1) is 11.6 Å². The summed E-state index contributed by atoms with van der Waals surface area (Å²) in [4.78, 5) is 13.5. The van der Waals surface area contributed by atoms with Gasteiger partial charge in [0.15, 0.2) is 11.6 Å². The molecule has 1 amide bonds. The molecule has 0 radical (unpaired) electrons. The first-order valence-electron chi connectivity index (χ1n) is 6.42. The van der Waals surface area contributed by atoms with Gasteiger partial charge in [-0.15, -0.1) is 0 Å². The minimum Gasteiger partial charge on any atom is -0.397 e. The third kappa shape index (κ3) is 3.36. The molecule has 1 aromatic rings. The topological polar surface area (TPSA) is 67.6 Å². The van der Waals surface area contributed by atoms with E-state index in [9.17, 15) is 13.6 Å². The Morgan fingerprint density at radius 1 is 1.35 bits per heavy atom. The number of nitrogens with two attached hydrogens (primary N) is 1. The van der Waals surface area contributed by atoms with Crippen LogP contribution in [0.1, 0.15) is 6.42 Å². The normalized spacial score (nSPS) is 15.2. The molecule has 3 N–H and O–H groups in total. The molecule has 5 nitrogen and oxygen atoms in total. The summed E-state index contributed by atoms with van der Waals surface area (Å²) >= 11 is 0. The monoisotopic (exact) mass is 285 g/mol. The fraction of sp³-hybridized carbons (Fsp3) is 0.462. The Hall–Kier alpha value is -1.89. The number of morpholine rings is 1. The standard InChI is InChI=1S/C13H17F2N3O2/c14-9-1-2-10(16)13(12(9)15)17-4-3-11(19)18-5-7-20-8-6-18/h1-2,17H,3-8,16H2. The Morgan fingerprint density at radius 3 is 2.75 bits per heavy atom. The molecule has 0 aromatic heterocycles. The summed E-state index contributed by atoms with van der Waals surface area (Å²) in [6, 6.07) is 2.25. The van der Waals surface area contributed by atoms with Gasteiger partial charge in [0.1, 0.15) is 0 Å². The maximum atomic E-state index is 13.5. The molecule has 2 rings (SSSR count). The number of nitrogens with zero attached hydrogens (tertiary/aromatic N) is 1. The van der Waals surface area contributed by atoms with Crippen molar-refractivity contribution >= 4 is 17.3 Å². The van der Waals surface area contributed by atoms with Crippen LogP contribution in [0.15, 0.2) is 12.1 Å². The summed E-state index contributed by atoms with van der Waals surface area (Å²) in [5.74, 6) is -2.04. The highest BCUT2D eigenvalue weighted by Crippen LogP contribution is 2.24. The van der Waals surface area contributed by atoms with Crippen molar-refractivity contribution in [2.75, 3.05) is 43.9 Å². The van der Waals surface area contributed by atoms with Crippen LogP contribution in [0.3, 0.4) is 0 Å². The maximum Gasteiger partial charge on any atom is 0.224 e. The molecule has 0 unspecified atom stereocenters. The number of rotatable bonds is 4. The van der Waals surface area contributed by atoms with E-state index in [-0.39, 0.29) is 30.2 Å². The van der Waals surface area contributed by atoms with Crippen molar-refractivity contribution in [1.29, 1.82) is 0 Å². The van der Waals surface area contributed by atoms with Crippen LogP contribution in [0.4, 0.5) is 20.2 Å². The van der Waals surface area contributed by atoms with Gasteiger partial charge in [0, 0.05) is 26.1 Å². The number of carbonyl (C=O) groups is 1. The minimum atomic E-state index is -1.02. The van der Waals surface area contributed by atoms with Crippen molar-refractivity contribution in [1.82, 2.24) is 4.90 Å². The van der Waals surface area contributed by atoms with E-state index in [4.69, 9.17) is 10.5 Å². The van der Waals surface area contributed by atoms with E-state index in [1.54, 1.807) is 4.90 Å². The van der Waals surface area contributed by atoms with Crippen LogP contribution in [-0.4, -0.2) is 43.7 Å². The van der Waals surface area contributed by atoms with Crippen LogP contribution in [-0.2, 0) is 9.53 Å². The third-order valence-electron chi connectivity index (χ3n) is 3.13. The molecule has 0 saturated carbocycles. The summed E-state index contributed by atoms with van der Waals surface area (Å²) in [5, 5.41) is 2.67. The molecular weight excluding hydrogens is 268 g/mol. The summed E-state index contributed by atoms with van der Waals surface area (Å²) in [7, 11) is 0. The lowest BCUT2D eigenvalue weighted by Crippen LogP contribution is -2.41. The number of hydrogen-bond acceptors (Lipinski definition) is 4. The van der Waals surface area contributed by atoms with E-state index < -0.39 is 11.6 Å². The average Bonchev–Trinajstić information content (AvgIpc) is 2.47. The number of carbonyl (C=O) groups excluding carboxylic acids is 1. The highest BCUT2D eigenvalue weighted by atomic mass is 19.2. The Kier molecular flexibility index (Phi) is 4.73. The van der Waals surface area contributed by atoms with Crippen LogP contribution in [0.5, 0.6) is 0 Å². The smallest absolute Gasteiger partial charge is 0.224 e. The quantitative estimate of drug-likeness (QED) is 0.816. The number of hydrogen-bond donors (Lipinski definition) is 2. The molecule has 1 saturated heterocycles. The third-order valence-corrected chi connectivity index (χ3v) is 3.13. The van der Waals surface area contributed by atoms with Crippen LogP contribution in [0.2, 0.25) is 0 Å². The molecule has 7 heteroatoms. The molecule has 20 heavy (non-hydrogen) atoms. The van der Waals surface area contributed by atoms with Gasteiger partial charge in [-0.05, 0) is 12.1 Å². The molecule has 1 aliphatic heterocycles. The molecule has 0 bridgehead atoms. The van der Waals surface area contributed by atoms with E-state index in [0.717, 1.165) is 6.07 Å². The zero-order valence-electron chi connectivity index (χ0n) is 11.0. The van der Waals surface area contributed by atoms with Crippen molar-refractivity contribution in [2.45, 2.75) is 6.42 Å². The largest absolute Gasteiger partial charge is 0.397 e. The summed E-state index contributed by atoms with van der Waals surface area (Å²) in [5.41, 5.74) is 5.59. The minimum absolute atomic E-state index is 0.0452. The second kappa shape index (κ2) is 6.51. The predicted octanol–water partition coefficient (Wildman–Crippen LogP) is 1.21. The zero-order chi connectivity index (χ0) is 14.5. The first-order chi connectivity index (χ1) is 9.59. The van der Waals surface area contributed by atoms with Crippen LogP contribution >= 0.6 is 0 Å². The predicted molar refractivity (Wildman–Crippen MR) is 71.3 cm³/mol. The first-order valence-corrected chi connectivity index (χ1v) is 6.42. The van der Waals surface area contributed by atoms with Gasteiger partial charge in [0.2, 0.25) is 5.91 Å². The number of anilines is 2. The van der Waals surface area contributed by atoms with E-state index in [2.05, 4.69) is 5.32 Å². The summed E-state index contributed by atoms with van der Waals surface area (Å²) in [6.45, 7) is 2.39. The van der Waals surface area contributed by atoms with Gasteiger partial charge < -0.3 is 20.7 Å². The van der Waals surface area contributed by atoms with Gasteiger partial charge >= 0.3 is 0 Å². The molecule has 1 aliphatic rings. The number of benzene rings is 1. The first kappa shape index (κ1) is 14.5. The Balaban J connectivity index is 1.86. The molecular formula is C13H17F2N3O2. The average molecular weight is 285 g/mol. The molecule has 110 valence electrons. The maximum absolute atomic E-state index is 13.5. The van der Waals surface area contributed by atoms with Crippen molar-refractivity contribution in [2.24, 2.45) is 0 Å². The number of ether oxygens (including phenoxy) is 1. The number of nitrogen functional groups attached to an aromatic ring is 1. The molecule has 0 atom stereocenters. The number of amides is 1. The van der Waals surface area contributed by atoms with E-state index in [1.165, 1.54) is 6.07 Å². The highest BCUT2D eigenvalue weighted by molar-refractivity contribution is 5.77. The van der Waals surface area contributed by atoms with Gasteiger partial charge in [-0.25, -0.2) is 8.78 Å². The molecule has 1 fully saturated rings. The number of halogens is 2. The van der Waals surface area contributed by atoms with Gasteiger partial charge in [-0.3, -0.25) is 4.79 Å².